The van der Waals surface area contributed by atoms with Crippen LogP contribution in [0.1, 0.15) is 11.4 Å². The van der Waals surface area contributed by atoms with Gasteiger partial charge in [0.15, 0.2) is 5.54 Å². The number of thiazole rings is 1. The number of carbonyl (C=O) groups excluding carboxylic acids is 1. The molecule has 1 aromatic rings. The van der Waals surface area contributed by atoms with Crippen molar-refractivity contribution in [3.63, 3.8) is 0 Å². The van der Waals surface area contributed by atoms with Gasteiger partial charge in [0.1, 0.15) is 5.01 Å². The van der Waals surface area contributed by atoms with Crippen LogP contribution in [-0.2, 0) is 16.1 Å². The number of carbonyl (C=O) groups is 2. The van der Waals surface area contributed by atoms with Gasteiger partial charge in [-0.15, -0.1) is 11.3 Å². The van der Waals surface area contributed by atoms with Gasteiger partial charge in [0, 0.05) is 24.6 Å². The third-order valence-corrected chi connectivity index (χ3v) is 3.45. The van der Waals surface area contributed by atoms with Crippen LogP contribution in [0.4, 0.5) is 4.79 Å². The number of amides is 2. The van der Waals surface area contributed by atoms with Gasteiger partial charge >= 0.3 is 12.0 Å². The number of hydrogen-bond acceptors (Lipinski definition) is 5. The van der Waals surface area contributed by atoms with E-state index in [-0.39, 0.29) is 19.6 Å². The molecule has 3 N–H and O–H groups in total. The van der Waals surface area contributed by atoms with E-state index in [1.807, 2.05) is 0 Å². The molecule has 0 bridgehead atoms. The van der Waals surface area contributed by atoms with Gasteiger partial charge < -0.3 is 20.5 Å². The number of nitrogens with zero attached hydrogens (tertiary/aromatic N) is 1. The Morgan fingerprint density at radius 1 is 1.61 bits per heavy atom. The number of ether oxygens (including phenoxy) is 1. The van der Waals surface area contributed by atoms with E-state index in [0.29, 0.717) is 6.61 Å². The first-order chi connectivity index (χ1) is 8.62. The molecule has 7 nitrogen and oxygen atoms in total. The van der Waals surface area contributed by atoms with Crippen LogP contribution in [0.15, 0.2) is 11.6 Å². The van der Waals surface area contributed by atoms with Crippen LogP contribution < -0.4 is 10.6 Å². The van der Waals surface area contributed by atoms with Gasteiger partial charge in [0.2, 0.25) is 0 Å². The minimum atomic E-state index is -1.31. The van der Waals surface area contributed by atoms with Gasteiger partial charge in [0.25, 0.3) is 0 Å². The number of hydrogen-bond donors (Lipinski definition) is 3. The van der Waals surface area contributed by atoms with E-state index < -0.39 is 17.5 Å². The lowest BCUT2D eigenvalue weighted by Gasteiger charge is -2.23. The molecule has 2 rings (SSSR count). The van der Waals surface area contributed by atoms with Gasteiger partial charge in [-0.05, 0) is 0 Å². The van der Waals surface area contributed by atoms with E-state index in [4.69, 9.17) is 9.84 Å². The molecule has 1 fully saturated rings. The molecular weight excluding hydrogens is 258 g/mol. The number of aromatic nitrogens is 1. The highest BCUT2D eigenvalue weighted by molar-refractivity contribution is 7.09. The lowest BCUT2D eigenvalue weighted by atomic mass is 9.99. The summed E-state index contributed by atoms with van der Waals surface area (Å²) >= 11 is 1.42. The van der Waals surface area contributed by atoms with Crippen LogP contribution in [0.5, 0.6) is 0 Å². The van der Waals surface area contributed by atoms with Crippen molar-refractivity contribution in [1.29, 1.82) is 0 Å². The number of aliphatic carboxylic acids is 1. The molecule has 98 valence electrons. The summed E-state index contributed by atoms with van der Waals surface area (Å²) in [5.74, 6) is -1.08. The number of nitrogens with one attached hydrogen (secondary N) is 2. The molecule has 1 atom stereocenters. The van der Waals surface area contributed by atoms with Crippen LogP contribution >= 0.6 is 11.3 Å². The van der Waals surface area contributed by atoms with Gasteiger partial charge in [0.05, 0.1) is 13.2 Å². The van der Waals surface area contributed by atoms with Crippen LogP contribution in [0.3, 0.4) is 0 Å². The first-order valence-electron chi connectivity index (χ1n) is 5.38. The monoisotopic (exact) mass is 271 g/mol. The van der Waals surface area contributed by atoms with E-state index in [1.54, 1.807) is 11.6 Å². The molecule has 0 saturated carbocycles. The summed E-state index contributed by atoms with van der Waals surface area (Å²) in [6.07, 6.45) is 1.91. The Morgan fingerprint density at radius 3 is 3.00 bits per heavy atom. The number of carboxylic acid groups (broad SMARTS) is 1. The van der Waals surface area contributed by atoms with Crippen molar-refractivity contribution >= 4 is 23.3 Å². The van der Waals surface area contributed by atoms with Crippen molar-refractivity contribution in [2.24, 2.45) is 0 Å². The molecule has 1 aliphatic rings. The normalized spacial score (nSPS) is 22.7. The summed E-state index contributed by atoms with van der Waals surface area (Å²) in [6, 6.07) is -0.530. The predicted molar refractivity (Wildman–Crippen MR) is 63.3 cm³/mol. The summed E-state index contributed by atoms with van der Waals surface area (Å²) in [5.41, 5.74) is -1.31. The maximum absolute atomic E-state index is 11.6. The summed E-state index contributed by atoms with van der Waals surface area (Å²) in [7, 11) is 0. The van der Waals surface area contributed by atoms with E-state index in [0.717, 1.165) is 5.01 Å². The van der Waals surface area contributed by atoms with E-state index in [1.165, 1.54) is 11.3 Å². The molecular formula is C10H13N3O4S. The van der Waals surface area contributed by atoms with Gasteiger partial charge in [-0.2, -0.15) is 0 Å². The third-order valence-electron chi connectivity index (χ3n) is 2.67. The fraction of sp³-hybridized carbons (Fsp3) is 0.500. The molecule has 1 aromatic heterocycles. The predicted octanol–water partition coefficient (Wildman–Crippen LogP) is 0.186. The molecule has 18 heavy (non-hydrogen) atoms. The van der Waals surface area contributed by atoms with Crippen molar-refractivity contribution in [3.05, 3.63) is 16.6 Å². The largest absolute Gasteiger partial charge is 0.479 e. The van der Waals surface area contributed by atoms with Crippen molar-refractivity contribution in [2.45, 2.75) is 18.5 Å². The van der Waals surface area contributed by atoms with Gasteiger partial charge in [-0.25, -0.2) is 14.6 Å². The second-order valence-corrected chi connectivity index (χ2v) is 4.90. The Balaban J connectivity index is 1.88. The van der Waals surface area contributed by atoms with E-state index >= 15 is 0 Å². The molecule has 0 radical (unpaired) electrons. The SMILES string of the molecule is O=C(NCc1nccs1)NC1(C(=O)O)CCOC1. The zero-order valence-corrected chi connectivity index (χ0v) is 10.3. The van der Waals surface area contributed by atoms with Crippen molar-refractivity contribution < 1.29 is 19.4 Å². The number of urea groups is 1. The van der Waals surface area contributed by atoms with Crippen molar-refractivity contribution in [3.8, 4) is 0 Å². The Kier molecular flexibility index (Phi) is 3.78. The van der Waals surface area contributed by atoms with E-state index in [2.05, 4.69) is 15.6 Å². The lowest BCUT2D eigenvalue weighted by molar-refractivity contribution is -0.144. The highest BCUT2D eigenvalue weighted by Crippen LogP contribution is 2.18. The van der Waals surface area contributed by atoms with Crippen LogP contribution in [-0.4, -0.2) is 40.8 Å². The van der Waals surface area contributed by atoms with Gasteiger partial charge in [-0.1, -0.05) is 0 Å². The zero-order chi connectivity index (χ0) is 13.0. The second kappa shape index (κ2) is 5.32. The molecule has 1 unspecified atom stereocenters. The molecule has 8 heteroatoms. The first-order valence-corrected chi connectivity index (χ1v) is 6.26. The van der Waals surface area contributed by atoms with Crippen LogP contribution in [0.2, 0.25) is 0 Å². The molecule has 0 aliphatic carbocycles. The quantitative estimate of drug-likeness (QED) is 0.725. The van der Waals surface area contributed by atoms with Gasteiger partial charge in [-0.3, -0.25) is 0 Å². The fourth-order valence-electron chi connectivity index (χ4n) is 1.64. The number of carboxylic acids is 1. The highest BCUT2D eigenvalue weighted by Gasteiger charge is 2.43. The summed E-state index contributed by atoms with van der Waals surface area (Å²) in [4.78, 5) is 26.8. The topological polar surface area (TPSA) is 101 Å². The maximum Gasteiger partial charge on any atom is 0.332 e. The Hall–Kier alpha value is -1.67. The summed E-state index contributed by atoms with van der Waals surface area (Å²) < 4.78 is 5.04. The second-order valence-electron chi connectivity index (χ2n) is 3.92. The zero-order valence-electron chi connectivity index (χ0n) is 9.51. The minimum Gasteiger partial charge on any atom is -0.479 e. The average molecular weight is 271 g/mol. The number of rotatable bonds is 4. The Labute approximate surface area is 107 Å². The molecule has 2 amide bonds. The molecule has 1 aliphatic heterocycles. The molecule has 0 aromatic carbocycles. The molecule has 0 spiro atoms. The van der Waals surface area contributed by atoms with Crippen LogP contribution in [0.25, 0.3) is 0 Å². The summed E-state index contributed by atoms with van der Waals surface area (Å²) in [6.45, 7) is 0.603. The van der Waals surface area contributed by atoms with E-state index in [9.17, 15) is 9.59 Å². The summed E-state index contributed by atoms with van der Waals surface area (Å²) in [5, 5.41) is 16.7. The standard InChI is InChI=1S/C10H13N3O4S/c14-8(15)10(1-3-17-6-10)13-9(16)12-5-7-11-2-4-18-7/h2,4H,1,3,5-6H2,(H,14,15)(H2,12,13,16). The highest BCUT2D eigenvalue weighted by atomic mass is 32.1. The van der Waals surface area contributed by atoms with Crippen LogP contribution in [0, 0.1) is 0 Å². The third kappa shape index (κ3) is 2.77. The fourth-order valence-corrected chi connectivity index (χ4v) is 2.20. The van der Waals surface area contributed by atoms with Crippen molar-refractivity contribution in [1.82, 2.24) is 15.6 Å². The lowest BCUT2D eigenvalue weighted by Crippen LogP contribution is -2.57. The van der Waals surface area contributed by atoms with Crippen molar-refractivity contribution in [2.75, 3.05) is 13.2 Å². The first kappa shape index (κ1) is 12.8. The average Bonchev–Trinajstić information content (AvgIpc) is 2.97. The maximum atomic E-state index is 11.6. The molecule has 2 heterocycles. The Bertz CT molecular complexity index is 428. The minimum absolute atomic E-state index is 0.00694. The Morgan fingerprint density at radius 2 is 2.44 bits per heavy atom. The molecule has 1 saturated heterocycles. The smallest absolute Gasteiger partial charge is 0.332 e.